The minimum atomic E-state index is -0.125. The molecule has 90 valence electrons. The Kier molecular flexibility index (Phi) is 4.63. The van der Waals surface area contributed by atoms with Crippen LogP contribution in [-0.4, -0.2) is 47.7 Å². The molecule has 0 radical (unpaired) electrons. The highest BCUT2D eigenvalue weighted by Crippen LogP contribution is 2.10. The smallest absolute Gasteiger partial charge is 0.237 e. The number of amides is 1. The van der Waals surface area contributed by atoms with Crippen LogP contribution < -0.4 is 11.1 Å². The molecule has 0 bridgehead atoms. The number of aromatic nitrogens is 2. The molecule has 0 saturated carbocycles. The van der Waals surface area contributed by atoms with Crippen molar-refractivity contribution in [1.29, 1.82) is 0 Å². The van der Waals surface area contributed by atoms with Crippen molar-refractivity contribution in [3.63, 3.8) is 0 Å². The van der Waals surface area contributed by atoms with Gasteiger partial charge in [0.1, 0.15) is 5.01 Å². The fourth-order valence-electron chi connectivity index (χ4n) is 1.04. The number of carbonyl (C=O) groups excluding carboxylic acids is 1. The summed E-state index contributed by atoms with van der Waals surface area (Å²) in [4.78, 5) is 13.4. The third kappa shape index (κ3) is 3.74. The van der Waals surface area contributed by atoms with Gasteiger partial charge in [0.25, 0.3) is 0 Å². The molecule has 16 heavy (non-hydrogen) atoms. The monoisotopic (exact) mass is 243 g/mol. The molecule has 0 saturated heterocycles. The van der Waals surface area contributed by atoms with E-state index >= 15 is 0 Å². The van der Waals surface area contributed by atoms with E-state index in [0.29, 0.717) is 18.1 Å². The summed E-state index contributed by atoms with van der Waals surface area (Å²) in [7, 11) is 3.74. The first-order chi connectivity index (χ1) is 7.50. The molecule has 6 nitrogen and oxygen atoms in total. The van der Waals surface area contributed by atoms with Crippen LogP contribution in [0.1, 0.15) is 11.9 Å². The molecule has 1 rings (SSSR count). The zero-order valence-corrected chi connectivity index (χ0v) is 10.5. The summed E-state index contributed by atoms with van der Waals surface area (Å²) in [5, 5.41) is 11.7. The number of nitrogen functional groups attached to an aromatic ring is 1. The van der Waals surface area contributed by atoms with E-state index in [4.69, 9.17) is 5.73 Å². The lowest BCUT2D eigenvalue weighted by atomic mass is 10.3. The summed E-state index contributed by atoms with van der Waals surface area (Å²) < 4.78 is 0. The van der Waals surface area contributed by atoms with Gasteiger partial charge >= 0.3 is 0 Å². The number of carbonyl (C=O) groups is 1. The predicted molar refractivity (Wildman–Crippen MR) is 64.2 cm³/mol. The summed E-state index contributed by atoms with van der Waals surface area (Å²) in [5.41, 5.74) is 5.45. The van der Waals surface area contributed by atoms with Gasteiger partial charge in [-0.2, -0.15) is 0 Å². The van der Waals surface area contributed by atoms with Crippen LogP contribution in [0.15, 0.2) is 0 Å². The Labute approximate surface area is 98.8 Å². The Hall–Kier alpha value is -1.21. The van der Waals surface area contributed by atoms with E-state index in [1.165, 1.54) is 11.3 Å². The first-order valence-corrected chi connectivity index (χ1v) is 5.84. The second kappa shape index (κ2) is 5.76. The molecule has 0 aromatic carbocycles. The molecule has 0 fully saturated rings. The van der Waals surface area contributed by atoms with Gasteiger partial charge in [0.15, 0.2) is 0 Å². The Morgan fingerprint density at radius 3 is 2.75 bits per heavy atom. The van der Waals surface area contributed by atoms with Gasteiger partial charge in [-0.25, -0.2) is 0 Å². The van der Waals surface area contributed by atoms with E-state index < -0.39 is 0 Å². The van der Waals surface area contributed by atoms with Crippen LogP contribution in [0.2, 0.25) is 0 Å². The van der Waals surface area contributed by atoms with Crippen molar-refractivity contribution in [1.82, 2.24) is 20.4 Å². The number of anilines is 1. The SMILES string of the molecule is C[C@H](C(=O)NCCc1nnc(N)s1)N(C)C. The summed E-state index contributed by atoms with van der Waals surface area (Å²) in [5.74, 6) is 0.0162. The zero-order valence-electron chi connectivity index (χ0n) is 9.73. The molecule has 1 aromatic rings. The van der Waals surface area contributed by atoms with Crippen LogP contribution in [0.3, 0.4) is 0 Å². The average molecular weight is 243 g/mol. The van der Waals surface area contributed by atoms with Crippen molar-refractivity contribution in [3.8, 4) is 0 Å². The van der Waals surface area contributed by atoms with E-state index in [1.807, 2.05) is 25.9 Å². The maximum absolute atomic E-state index is 11.6. The minimum Gasteiger partial charge on any atom is -0.374 e. The van der Waals surface area contributed by atoms with E-state index in [0.717, 1.165) is 5.01 Å². The summed E-state index contributed by atoms with van der Waals surface area (Å²) in [6.07, 6.45) is 0.667. The molecule has 1 atom stereocenters. The fraction of sp³-hybridized carbons (Fsp3) is 0.667. The third-order valence-electron chi connectivity index (χ3n) is 2.27. The quantitative estimate of drug-likeness (QED) is 0.743. The molecule has 0 aliphatic heterocycles. The van der Waals surface area contributed by atoms with Crippen LogP contribution in [0.4, 0.5) is 5.13 Å². The maximum Gasteiger partial charge on any atom is 0.237 e. The second-order valence-corrected chi connectivity index (χ2v) is 4.81. The van der Waals surface area contributed by atoms with Gasteiger partial charge in [0.05, 0.1) is 6.04 Å². The summed E-state index contributed by atoms with van der Waals surface area (Å²) in [6.45, 7) is 2.42. The van der Waals surface area contributed by atoms with Gasteiger partial charge in [0.2, 0.25) is 11.0 Å². The van der Waals surface area contributed by atoms with Gasteiger partial charge in [0, 0.05) is 13.0 Å². The topological polar surface area (TPSA) is 84.1 Å². The number of rotatable bonds is 5. The summed E-state index contributed by atoms with van der Waals surface area (Å²) in [6, 6.07) is -0.125. The van der Waals surface area contributed by atoms with Crippen molar-refractivity contribution in [2.45, 2.75) is 19.4 Å². The molecule has 3 N–H and O–H groups in total. The number of likely N-dealkylation sites (N-methyl/N-ethyl adjacent to an activating group) is 1. The van der Waals surface area contributed by atoms with E-state index in [9.17, 15) is 4.79 Å². The number of nitrogens with two attached hydrogens (primary N) is 1. The van der Waals surface area contributed by atoms with Crippen molar-refractivity contribution in [2.75, 3.05) is 26.4 Å². The van der Waals surface area contributed by atoms with Gasteiger partial charge < -0.3 is 11.1 Å². The zero-order chi connectivity index (χ0) is 12.1. The largest absolute Gasteiger partial charge is 0.374 e. The highest BCUT2D eigenvalue weighted by atomic mass is 32.1. The first kappa shape index (κ1) is 12.9. The first-order valence-electron chi connectivity index (χ1n) is 5.02. The Balaban J connectivity index is 2.28. The number of hydrogen-bond donors (Lipinski definition) is 2. The Morgan fingerprint density at radius 1 is 1.56 bits per heavy atom. The van der Waals surface area contributed by atoms with Crippen LogP contribution in [0, 0.1) is 0 Å². The molecule has 1 heterocycles. The lowest BCUT2D eigenvalue weighted by Gasteiger charge is -2.18. The highest BCUT2D eigenvalue weighted by Gasteiger charge is 2.14. The molecule has 0 unspecified atom stereocenters. The molecule has 7 heteroatoms. The fourth-order valence-corrected chi connectivity index (χ4v) is 1.65. The van der Waals surface area contributed by atoms with Gasteiger partial charge in [-0.1, -0.05) is 11.3 Å². The van der Waals surface area contributed by atoms with Crippen LogP contribution in [0.5, 0.6) is 0 Å². The van der Waals surface area contributed by atoms with Gasteiger partial charge in [-0.05, 0) is 21.0 Å². The van der Waals surface area contributed by atoms with Crippen LogP contribution in [-0.2, 0) is 11.2 Å². The van der Waals surface area contributed by atoms with Gasteiger partial charge in [-0.15, -0.1) is 10.2 Å². The predicted octanol–water partition coefficient (Wildman–Crippen LogP) is -0.271. The number of hydrogen-bond acceptors (Lipinski definition) is 6. The lowest BCUT2D eigenvalue weighted by molar-refractivity contribution is -0.124. The molecular weight excluding hydrogens is 226 g/mol. The van der Waals surface area contributed by atoms with E-state index in [1.54, 1.807) is 0 Å². The van der Waals surface area contributed by atoms with E-state index in [-0.39, 0.29) is 11.9 Å². The standard InChI is InChI=1S/C9H17N5OS/c1-6(14(2)3)8(15)11-5-4-7-12-13-9(10)16-7/h6H,4-5H2,1-3H3,(H2,10,13)(H,11,15)/t6-/m1/s1. The average Bonchev–Trinajstić information content (AvgIpc) is 2.62. The van der Waals surface area contributed by atoms with E-state index in [2.05, 4.69) is 15.5 Å². The van der Waals surface area contributed by atoms with Crippen molar-refractivity contribution in [3.05, 3.63) is 5.01 Å². The Morgan fingerprint density at radius 2 is 2.25 bits per heavy atom. The molecule has 1 amide bonds. The molecular formula is C9H17N5OS. The second-order valence-electron chi connectivity index (χ2n) is 3.71. The number of nitrogens with one attached hydrogen (secondary N) is 1. The molecule has 1 aromatic heterocycles. The van der Waals surface area contributed by atoms with Crippen LogP contribution >= 0.6 is 11.3 Å². The third-order valence-corrected chi connectivity index (χ3v) is 3.09. The molecule has 0 aliphatic rings. The van der Waals surface area contributed by atoms with Crippen molar-refractivity contribution >= 4 is 22.4 Å². The Bertz CT molecular complexity index is 351. The lowest BCUT2D eigenvalue weighted by Crippen LogP contribution is -2.42. The highest BCUT2D eigenvalue weighted by molar-refractivity contribution is 7.15. The molecule has 0 aliphatic carbocycles. The minimum absolute atomic E-state index is 0.0162. The molecule has 0 spiro atoms. The van der Waals surface area contributed by atoms with Crippen molar-refractivity contribution < 1.29 is 4.79 Å². The summed E-state index contributed by atoms with van der Waals surface area (Å²) >= 11 is 1.35. The normalized spacial score (nSPS) is 12.8. The van der Waals surface area contributed by atoms with Crippen molar-refractivity contribution in [2.24, 2.45) is 0 Å². The maximum atomic E-state index is 11.6. The number of nitrogens with zero attached hydrogens (tertiary/aromatic N) is 3. The van der Waals surface area contributed by atoms with Gasteiger partial charge in [-0.3, -0.25) is 9.69 Å². The van der Waals surface area contributed by atoms with Crippen LogP contribution in [0.25, 0.3) is 0 Å².